The third kappa shape index (κ3) is 4.53. The van der Waals surface area contributed by atoms with E-state index in [9.17, 15) is 4.79 Å². The van der Waals surface area contributed by atoms with E-state index in [1.165, 1.54) is 37.7 Å². The molecule has 0 radical (unpaired) electrons. The number of benzene rings is 1. The molecule has 6 nitrogen and oxygen atoms in total. The maximum absolute atomic E-state index is 12.1. The van der Waals surface area contributed by atoms with Crippen molar-refractivity contribution in [2.45, 2.75) is 50.9 Å². The Balaban J connectivity index is 1.64. The molecule has 0 bridgehead atoms. The summed E-state index contributed by atoms with van der Waals surface area (Å²) in [5, 5.41) is 0. The minimum absolute atomic E-state index is 0.0747. The summed E-state index contributed by atoms with van der Waals surface area (Å²) < 4.78 is 11.0. The fourth-order valence-electron chi connectivity index (χ4n) is 5.28. The van der Waals surface area contributed by atoms with E-state index in [0.717, 1.165) is 42.7 Å². The van der Waals surface area contributed by atoms with E-state index in [-0.39, 0.29) is 17.4 Å². The van der Waals surface area contributed by atoms with Crippen molar-refractivity contribution in [3.63, 3.8) is 0 Å². The Morgan fingerprint density at radius 2 is 1.77 bits per heavy atom. The van der Waals surface area contributed by atoms with Crippen molar-refractivity contribution in [1.82, 2.24) is 14.9 Å². The molecule has 2 heterocycles. The Bertz CT molecular complexity index is 920. The van der Waals surface area contributed by atoms with Crippen molar-refractivity contribution in [3.05, 3.63) is 51.7 Å². The van der Waals surface area contributed by atoms with Gasteiger partial charge in [0.25, 0.3) is 5.56 Å². The third-order valence-electron chi connectivity index (χ3n) is 6.73. The number of aromatic nitrogens is 2. The molecule has 0 amide bonds. The van der Waals surface area contributed by atoms with Gasteiger partial charge in [-0.3, -0.25) is 4.79 Å². The number of aryl methyl sites for hydroxylation is 1. The average Bonchev–Trinajstić information content (AvgIpc) is 3.17. The first-order valence-corrected chi connectivity index (χ1v) is 11.1. The van der Waals surface area contributed by atoms with Crippen molar-refractivity contribution in [2.75, 3.05) is 33.9 Å². The normalized spacial score (nSPS) is 22.9. The zero-order valence-corrected chi connectivity index (χ0v) is 18.3. The highest BCUT2D eigenvalue weighted by atomic mass is 16.5. The second-order valence-corrected chi connectivity index (χ2v) is 8.81. The molecule has 1 aliphatic heterocycles. The Kier molecular flexibility index (Phi) is 6.42. The number of rotatable bonds is 6. The van der Waals surface area contributed by atoms with E-state index in [1.807, 2.05) is 13.0 Å². The molecule has 4 rings (SSSR count). The highest BCUT2D eigenvalue weighted by molar-refractivity contribution is 5.45. The smallest absolute Gasteiger partial charge is 0.251 e. The summed E-state index contributed by atoms with van der Waals surface area (Å²) in [6.07, 6.45) is 6.77. The molecule has 6 heteroatoms. The number of aromatic amines is 1. The maximum Gasteiger partial charge on any atom is 0.251 e. The number of likely N-dealkylation sites (tertiary alicyclic amines) is 1. The number of H-pyrrole nitrogens is 1. The van der Waals surface area contributed by atoms with Gasteiger partial charge in [0.05, 0.1) is 19.9 Å². The van der Waals surface area contributed by atoms with Crippen molar-refractivity contribution in [2.24, 2.45) is 5.92 Å². The molecule has 1 N–H and O–H groups in total. The fraction of sp³-hybridized carbons (Fsp3) is 0.583. The molecule has 0 unspecified atom stereocenters. The van der Waals surface area contributed by atoms with Crippen LogP contribution < -0.4 is 15.0 Å². The van der Waals surface area contributed by atoms with Crippen LogP contribution in [0.2, 0.25) is 0 Å². The lowest BCUT2D eigenvalue weighted by molar-refractivity contribution is 0.230. The zero-order chi connectivity index (χ0) is 21.1. The van der Waals surface area contributed by atoms with Gasteiger partial charge in [0, 0.05) is 37.5 Å². The van der Waals surface area contributed by atoms with Gasteiger partial charge in [-0.25, -0.2) is 4.98 Å². The van der Waals surface area contributed by atoms with Gasteiger partial charge < -0.3 is 19.4 Å². The molecular formula is C24H33N3O3. The fourth-order valence-corrected chi connectivity index (χ4v) is 5.28. The van der Waals surface area contributed by atoms with Crippen LogP contribution >= 0.6 is 0 Å². The van der Waals surface area contributed by atoms with Crippen LogP contribution in [-0.2, 0) is 0 Å². The van der Waals surface area contributed by atoms with Crippen molar-refractivity contribution in [1.29, 1.82) is 0 Å². The Morgan fingerprint density at radius 1 is 1.03 bits per heavy atom. The number of nitrogens with one attached hydrogen (secondary N) is 1. The maximum atomic E-state index is 12.1. The first kappa shape index (κ1) is 20.9. The molecule has 162 valence electrons. The largest absolute Gasteiger partial charge is 0.493 e. The van der Waals surface area contributed by atoms with Gasteiger partial charge in [-0.2, -0.15) is 0 Å². The second-order valence-electron chi connectivity index (χ2n) is 8.81. The molecule has 0 spiro atoms. The molecule has 1 saturated carbocycles. The van der Waals surface area contributed by atoms with Crippen LogP contribution in [0.4, 0.5) is 0 Å². The van der Waals surface area contributed by atoms with Crippen molar-refractivity contribution >= 4 is 0 Å². The Morgan fingerprint density at radius 3 is 2.47 bits per heavy atom. The van der Waals surface area contributed by atoms with Crippen molar-refractivity contribution < 1.29 is 9.47 Å². The number of hydrogen-bond acceptors (Lipinski definition) is 5. The SMILES string of the molecule is COc1ccc([C@@H]2CN(CC3CCCCC3)C[C@H]2c2cc(=O)[nH]c(C)n2)cc1OC. The summed E-state index contributed by atoms with van der Waals surface area (Å²) in [5.74, 6) is 3.40. The lowest BCUT2D eigenvalue weighted by Gasteiger charge is -2.26. The van der Waals surface area contributed by atoms with Crippen LogP contribution in [0.25, 0.3) is 0 Å². The molecule has 2 aromatic rings. The molecule has 1 aromatic heterocycles. The number of nitrogens with zero attached hydrogens (tertiary/aromatic N) is 2. The second kappa shape index (κ2) is 9.21. The van der Waals surface area contributed by atoms with E-state index >= 15 is 0 Å². The number of ether oxygens (including phenoxy) is 2. The zero-order valence-electron chi connectivity index (χ0n) is 18.3. The van der Waals surface area contributed by atoms with E-state index in [0.29, 0.717) is 5.82 Å². The molecule has 1 aliphatic carbocycles. The predicted molar refractivity (Wildman–Crippen MR) is 118 cm³/mol. The summed E-state index contributed by atoms with van der Waals surface area (Å²) in [7, 11) is 3.33. The van der Waals surface area contributed by atoms with Crippen molar-refractivity contribution in [3.8, 4) is 11.5 Å². The van der Waals surface area contributed by atoms with Crippen LogP contribution in [0.5, 0.6) is 11.5 Å². The van der Waals surface area contributed by atoms with Crippen LogP contribution in [0.3, 0.4) is 0 Å². The van der Waals surface area contributed by atoms with Gasteiger partial charge in [0.15, 0.2) is 11.5 Å². The summed E-state index contributed by atoms with van der Waals surface area (Å²) in [6.45, 7) is 4.91. The molecule has 1 aromatic carbocycles. The average molecular weight is 412 g/mol. The van der Waals surface area contributed by atoms with E-state index in [2.05, 4.69) is 22.0 Å². The van der Waals surface area contributed by atoms with E-state index in [1.54, 1.807) is 20.3 Å². The monoisotopic (exact) mass is 411 g/mol. The number of hydrogen-bond donors (Lipinski definition) is 1. The predicted octanol–water partition coefficient (Wildman–Crippen LogP) is 3.86. The molecule has 2 atom stereocenters. The lowest BCUT2D eigenvalue weighted by atomic mass is 9.86. The first-order valence-electron chi connectivity index (χ1n) is 11.1. The van der Waals surface area contributed by atoms with Gasteiger partial charge in [0.2, 0.25) is 0 Å². The molecule has 1 saturated heterocycles. The van der Waals surface area contributed by atoms with Gasteiger partial charge in [-0.1, -0.05) is 25.3 Å². The highest BCUT2D eigenvalue weighted by Crippen LogP contribution is 2.42. The Labute approximate surface area is 178 Å². The van der Waals surface area contributed by atoms with Crippen LogP contribution in [0, 0.1) is 12.8 Å². The molecule has 2 fully saturated rings. The summed E-state index contributed by atoms with van der Waals surface area (Å²) in [4.78, 5) is 22.2. The standard InChI is InChI=1S/C24H33N3O3/c1-16-25-21(12-24(28)26-16)20-15-27(13-17-7-5-4-6-8-17)14-19(20)18-9-10-22(29-2)23(11-18)30-3/h9-12,17,19-20H,4-8,13-15H2,1-3H3,(H,25,26,28)/t19-,20+/m0/s1. The summed E-state index contributed by atoms with van der Waals surface area (Å²) >= 11 is 0. The summed E-state index contributed by atoms with van der Waals surface area (Å²) in [5.41, 5.74) is 2.03. The molecule has 30 heavy (non-hydrogen) atoms. The molecule has 2 aliphatic rings. The van der Waals surface area contributed by atoms with E-state index < -0.39 is 0 Å². The van der Waals surface area contributed by atoms with Gasteiger partial charge >= 0.3 is 0 Å². The van der Waals surface area contributed by atoms with Crippen LogP contribution in [-0.4, -0.2) is 48.7 Å². The summed E-state index contributed by atoms with van der Waals surface area (Å²) in [6, 6.07) is 7.87. The van der Waals surface area contributed by atoms with Gasteiger partial charge in [-0.15, -0.1) is 0 Å². The first-order chi connectivity index (χ1) is 14.6. The number of methoxy groups -OCH3 is 2. The lowest BCUT2D eigenvalue weighted by Crippen LogP contribution is -2.29. The van der Waals surface area contributed by atoms with Crippen LogP contribution in [0.15, 0.2) is 29.1 Å². The van der Waals surface area contributed by atoms with Crippen LogP contribution in [0.1, 0.15) is 61.0 Å². The third-order valence-corrected chi connectivity index (χ3v) is 6.73. The molecular weight excluding hydrogens is 378 g/mol. The topological polar surface area (TPSA) is 67.5 Å². The Hall–Kier alpha value is -2.34. The van der Waals surface area contributed by atoms with E-state index in [4.69, 9.17) is 14.5 Å². The minimum Gasteiger partial charge on any atom is -0.493 e. The van der Waals surface area contributed by atoms with Gasteiger partial charge in [-0.05, 0) is 43.4 Å². The highest BCUT2D eigenvalue weighted by Gasteiger charge is 2.37. The minimum atomic E-state index is -0.0747. The quantitative estimate of drug-likeness (QED) is 0.782. The van der Waals surface area contributed by atoms with Gasteiger partial charge in [0.1, 0.15) is 5.82 Å².